The fourth-order valence-corrected chi connectivity index (χ4v) is 6.50. The zero-order valence-corrected chi connectivity index (χ0v) is 24.6. The number of fused-ring (bicyclic) bond motifs is 1. The molecular formula is C26H35N7O8S. The van der Waals surface area contributed by atoms with Gasteiger partial charge in [-0.1, -0.05) is 25.4 Å². The third kappa shape index (κ3) is 6.39. The van der Waals surface area contributed by atoms with Crippen LogP contribution in [0.25, 0.3) is 22.4 Å². The molecule has 2 aromatic heterocycles. The van der Waals surface area contributed by atoms with Gasteiger partial charge in [-0.05, 0) is 31.0 Å². The second-order valence-electron chi connectivity index (χ2n) is 9.84. The average Bonchev–Trinajstić information content (AvgIpc) is 3.23. The minimum absolute atomic E-state index is 0.0178. The zero-order chi connectivity index (χ0) is 30.4. The van der Waals surface area contributed by atoms with Crippen molar-refractivity contribution < 1.29 is 28.3 Å². The van der Waals surface area contributed by atoms with Crippen LogP contribution in [0, 0.1) is 10.1 Å². The van der Waals surface area contributed by atoms with Crippen molar-refractivity contribution in [2.45, 2.75) is 38.0 Å². The summed E-state index contributed by atoms with van der Waals surface area (Å²) in [5.74, 6) is 0.528. The summed E-state index contributed by atoms with van der Waals surface area (Å²) < 4.78 is 36.2. The molecule has 1 saturated heterocycles. The number of H-pyrrole nitrogens is 1. The van der Waals surface area contributed by atoms with Crippen LogP contribution in [0.3, 0.4) is 0 Å². The molecule has 1 fully saturated rings. The summed E-state index contributed by atoms with van der Waals surface area (Å²) in [6, 6.07) is 4.49. The SMILES string of the molecule is CCCOc1ccc(S(=O)(=O)N2CCN(CCO[N+](=O)[O-])CC2)cc1-c1nc2c(CCC)c(/C=N/O)n(C)c2c(=O)[nH]1. The van der Waals surface area contributed by atoms with Crippen molar-refractivity contribution in [3.63, 3.8) is 0 Å². The topological polar surface area (TPSA) is 185 Å². The van der Waals surface area contributed by atoms with Crippen molar-refractivity contribution in [1.29, 1.82) is 0 Å². The van der Waals surface area contributed by atoms with E-state index in [1.807, 2.05) is 18.7 Å². The quantitative estimate of drug-likeness (QED) is 0.126. The summed E-state index contributed by atoms with van der Waals surface area (Å²) in [6.45, 7) is 5.71. The second kappa shape index (κ2) is 13.3. The van der Waals surface area contributed by atoms with Crippen LogP contribution in [0.1, 0.15) is 37.9 Å². The van der Waals surface area contributed by atoms with Crippen LogP contribution in [-0.2, 0) is 28.3 Å². The van der Waals surface area contributed by atoms with Crippen molar-refractivity contribution in [1.82, 2.24) is 23.7 Å². The fourth-order valence-electron chi connectivity index (χ4n) is 5.06. The largest absolute Gasteiger partial charge is 0.493 e. The molecule has 228 valence electrons. The summed E-state index contributed by atoms with van der Waals surface area (Å²) in [6.07, 6.45) is 3.31. The van der Waals surface area contributed by atoms with E-state index >= 15 is 0 Å². The second-order valence-corrected chi connectivity index (χ2v) is 11.8. The number of ether oxygens (including phenoxy) is 1. The lowest BCUT2D eigenvalue weighted by Crippen LogP contribution is -2.49. The lowest BCUT2D eigenvalue weighted by molar-refractivity contribution is -0.757. The molecule has 0 aliphatic carbocycles. The van der Waals surface area contributed by atoms with E-state index in [2.05, 4.69) is 15.0 Å². The van der Waals surface area contributed by atoms with E-state index in [9.17, 15) is 28.5 Å². The standard InChI is InChI=1S/C26H35N7O8S/c1-4-6-19-21(17-27-35)30(3)24-23(19)28-25(29-26(24)34)20-16-18(7-8-22(20)40-14-5-2)42(38,39)32-11-9-31(10-12-32)13-15-41-33(36)37/h7-8,16-17,35H,4-6,9-15H2,1-3H3,(H,28,29,34)/b27-17+. The fraction of sp³-hybridized carbons (Fsp3) is 0.500. The summed E-state index contributed by atoms with van der Waals surface area (Å²) >= 11 is 0. The number of aromatic nitrogens is 3. The average molecular weight is 606 g/mol. The van der Waals surface area contributed by atoms with Crippen molar-refractivity contribution in [2.24, 2.45) is 12.2 Å². The molecule has 3 heterocycles. The zero-order valence-electron chi connectivity index (χ0n) is 23.8. The van der Waals surface area contributed by atoms with E-state index in [1.54, 1.807) is 17.7 Å². The van der Waals surface area contributed by atoms with Crippen LogP contribution in [0.5, 0.6) is 5.75 Å². The molecule has 1 aromatic carbocycles. The predicted molar refractivity (Wildman–Crippen MR) is 154 cm³/mol. The van der Waals surface area contributed by atoms with E-state index in [4.69, 9.17) is 9.72 Å². The molecule has 0 radical (unpaired) electrons. The molecule has 3 aromatic rings. The molecule has 0 saturated carbocycles. The van der Waals surface area contributed by atoms with Gasteiger partial charge in [0.15, 0.2) is 0 Å². The lowest BCUT2D eigenvalue weighted by atomic mass is 10.1. The Morgan fingerprint density at radius 2 is 1.93 bits per heavy atom. The van der Waals surface area contributed by atoms with E-state index in [-0.39, 0.29) is 30.4 Å². The van der Waals surface area contributed by atoms with Crippen LogP contribution in [-0.4, -0.2) is 94.6 Å². The van der Waals surface area contributed by atoms with Crippen molar-refractivity contribution in [3.8, 4) is 17.1 Å². The molecule has 0 bridgehead atoms. The number of rotatable bonds is 13. The van der Waals surface area contributed by atoms with Gasteiger partial charge in [-0.15, -0.1) is 10.1 Å². The molecule has 1 aliphatic heterocycles. The third-order valence-electron chi connectivity index (χ3n) is 7.11. The minimum atomic E-state index is -3.92. The Bertz CT molecular complexity index is 1630. The Labute approximate surface area is 242 Å². The molecular weight excluding hydrogens is 570 g/mol. The number of nitrogens with one attached hydrogen (secondary N) is 1. The summed E-state index contributed by atoms with van der Waals surface area (Å²) in [7, 11) is -2.24. The minimum Gasteiger partial charge on any atom is -0.493 e. The van der Waals surface area contributed by atoms with Gasteiger partial charge in [0.1, 0.15) is 29.2 Å². The smallest absolute Gasteiger partial charge is 0.294 e. The molecule has 15 nitrogen and oxygen atoms in total. The molecule has 1 aliphatic rings. The Balaban J connectivity index is 1.73. The normalized spacial score (nSPS) is 15.0. The molecule has 0 spiro atoms. The number of sulfonamides is 1. The number of hydrogen-bond acceptors (Lipinski definition) is 11. The van der Waals surface area contributed by atoms with Gasteiger partial charge in [-0.3, -0.25) is 9.69 Å². The lowest BCUT2D eigenvalue weighted by Gasteiger charge is -2.33. The summed E-state index contributed by atoms with van der Waals surface area (Å²) in [5, 5.41) is 21.9. The number of oxime groups is 1. The highest BCUT2D eigenvalue weighted by molar-refractivity contribution is 7.89. The number of aryl methyl sites for hydroxylation is 2. The first-order valence-electron chi connectivity index (χ1n) is 13.7. The van der Waals surface area contributed by atoms with Gasteiger partial charge in [0.25, 0.3) is 10.6 Å². The number of benzene rings is 1. The van der Waals surface area contributed by atoms with Crippen LogP contribution in [0.4, 0.5) is 0 Å². The number of aromatic amines is 1. The number of nitrogens with zero attached hydrogens (tertiary/aromatic N) is 6. The first-order valence-corrected chi connectivity index (χ1v) is 15.1. The molecule has 0 amide bonds. The highest BCUT2D eigenvalue weighted by Gasteiger charge is 2.30. The Morgan fingerprint density at radius 3 is 2.57 bits per heavy atom. The van der Waals surface area contributed by atoms with Crippen LogP contribution < -0.4 is 10.3 Å². The number of piperazine rings is 1. The monoisotopic (exact) mass is 605 g/mol. The van der Waals surface area contributed by atoms with E-state index in [0.717, 1.165) is 12.0 Å². The maximum absolute atomic E-state index is 13.7. The van der Waals surface area contributed by atoms with Gasteiger partial charge in [-0.25, -0.2) is 13.4 Å². The molecule has 0 unspecified atom stereocenters. The molecule has 16 heteroatoms. The van der Waals surface area contributed by atoms with Crippen molar-refractivity contribution in [2.75, 3.05) is 45.9 Å². The number of hydrogen-bond donors (Lipinski definition) is 2. The predicted octanol–water partition coefficient (Wildman–Crippen LogP) is 1.99. The van der Waals surface area contributed by atoms with Crippen LogP contribution >= 0.6 is 0 Å². The maximum Gasteiger partial charge on any atom is 0.294 e. The molecule has 0 atom stereocenters. The third-order valence-corrected chi connectivity index (χ3v) is 9.00. The molecule has 4 rings (SSSR count). The van der Waals surface area contributed by atoms with E-state index < -0.39 is 20.7 Å². The van der Waals surface area contributed by atoms with Gasteiger partial charge in [-0.2, -0.15) is 4.31 Å². The summed E-state index contributed by atoms with van der Waals surface area (Å²) in [4.78, 5) is 37.6. The Kier molecular flexibility index (Phi) is 9.80. The Hall–Kier alpha value is -4.02. The van der Waals surface area contributed by atoms with Gasteiger partial charge in [0, 0.05) is 45.3 Å². The van der Waals surface area contributed by atoms with Gasteiger partial charge in [0.05, 0.1) is 29.0 Å². The maximum atomic E-state index is 13.7. The van der Waals surface area contributed by atoms with E-state index in [0.29, 0.717) is 67.1 Å². The van der Waals surface area contributed by atoms with Crippen molar-refractivity contribution >= 4 is 27.3 Å². The van der Waals surface area contributed by atoms with Crippen molar-refractivity contribution in [3.05, 3.63) is 49.9 Å². The highest BCUT2D eigenvalue weighted by Crippen LogP contribution is 2.33. The Morgan fingerprint density at radius 1 is 1.19 bits per heavy atom. The molecule has 2 N–H and O–H groups in total. The van der Waals surface area contributed by atoms with E-state index in [1.165, 1.54) is 22.7 Å². The summed E-state index contributed by atoms with van der Waals surface area (Å²) in [5.41, 5.74) is 1.91. The first-order chi connectivity index (χ1) is 20.1. The van der Waals surface area contributed by atoms with Crippen LogP contribution in [0.15, 0.2) is 33.0 Å². The first kappa shape index (κ1) is 30.9. The molecule has 42 heavy (non-hydrogen) atoms. The van der Waals surface area contributed by atoms with Gasteiger partial charge < -0.3 is 24.3 Å². The van der Waals surface area contributed by atoms with Crippen LogP contribution in [0.2, 0.25) is 0 Å². The van der Waals surface area contributed by atoms with Gasteiger partial charge >= 0.3 is 0 Å². The van der Waals surface area contributed by atoms with Gasteiger partial charge in [0.2, 0.25) is 10.0 Å². The highest BCUT2D eigenvalue weighted by atomic mass is 32.2.